The van der Waals surface area contributed by atoms with Crippen molar-refractivity contribution in [2.45, 2.75) is 44.6 Å². The predicted molar refractivity (Wildman–Crippen MR) is 91.7 cm³/mol. The minimum atomic E-state index is -2.83. The van der Waals surface area contributed by atoms with Crippen LogP contribution in [0.15, 0.2) is 6.07 Å². The second-order valence-electron chi connectivity index (χ2n) is 6.72. The van der Waals surface area contributed by atoms with E-state index in [9.17, 15) is 8.42 Å². The summed E-state index contributed by atoms with van der Waals surface area (Å²) in [5.41, 5.74) is 1.13. The third-order valence-corrected chi connectivity index (χ3v) is 6.75. The first-order valence-corrected chi connectivity index (χ1v) is 10.3. The van der Waals surface area contributed by atoms with Crippen molar-refractivity contribution in [3.05, 3.63) is 17.6 Å². The maximum atomic E-state index is 11.6. The number of sulfone groups is 1. The van der Waals surface area contributed by atoms with Crippen molar-refractivity contribution in [2.24, 2.45) is 0 Å². The summed E-state index contributed by atoms with van der Waals surface area (Å²) in [4.78, 5) is 11.4. The highest BCUT2D eigenvalue weighted by atomic mass is 32.2. The lowest BCUT2D eigenvalue weighted by Gasteiger charge is -2.32. The summed E-state index contributed by atoms with van der Waals surface area (Å²) in [6, 6.07) is 2.35. The lowest BCUT2D eigenvalue weighted by atomic mass is 9.94. The van der Waals surface area contributed by atoms with Crippen LogP contribution in [0.5, 0.6) is 0 Å². The van der Waals surface area contributed by atoms with Gasteiger partial charge in [-0.3, -0.25) is 0 Å². The first kappa shape index (κ1) is 16.6. The summed E-state index contributed by atoms with van der Waals surface area (Å²) in [7, 11) is -0.807. The molecule has 0 unspecified atom stereocenters. The number of hydrogen-bond donors (Lipinski definition) is 1. The molecule has 2 saturated heterocycles. The monoisotopic (exact) mass is 338 g/mol. The van der Waals surface area contributed by atoms with Gasteiger partial charge in [0.15, 0.2) is 0 Å². The van der Waals surface area contributed by atoms with Gasteiger partial charge in [-0.05, 0) is 45.7 Å². The first-order valence-electron chi connectivity index (χ1n) is 8.44. The zero-order valence-corrected chi connectivity index (χ0v) is 14.8. The summed E-state index contributed by atoms with van der Waals surface area (Å²) in [6.07, 6.45) is 3.59. The van der Waals surface area contributed by atoms with Gasteiger partial charge in [0.2, 0.25) is 0 Å². The largest absolute Gasteiger partial charge is 0.357 e. The third-order valence-electron chi connectivity index (χ3n) is 5.03. The SMILES string of the molecule is Cc1nc(C2CCNCC2)cc(N(C)C2CCS(=O)(=O)CC2)n1. The van der Waals surface area contributed by atoms with Gasteiger partial charge in [0, 0.05) is 30.8 Å². The highest BCUT2D eigenvalue weighted by Gasteiger charge is 2.27. The van der Waals surface area contributed by atoms with Crippen molar-refractivity contribution in [3.8, 4) is 0 Å². The molecule has 128 valence electrons. The number of anilines is 1. The number of nitrogens with zero attached hydrogens (tertiary/aromatic N) is 3. The van der Waals surface area contributed by atoms with Crippen LogP contribution in [0, 0.1) is 6.92 Å². The highest BCUT2D eigenvalue weighted by Crippen LogP contribution is 2.28. The summed E-state index contributed by atoms with van der Waals surface area (Å²) >= 11 is 0. The molecule has 2 aliphatic heterocycles. The second-order valence-corrected chi connectivity index (χ2v) is 9.02. The van der Waals surface area contributed by atoms with Crippen LogP contribution in [0.1, 0.15) is 43.1 Å². The fourth-order valence-electron chi connectivity index (χ4n) is 3.53. The molecule has 1 aromatic heterocycles. The molecular formula is C16H26N4O2S. The van der Waals surface area contributed by atoms with Gasteiger partial charge in [-0.15, -0.1) is 0 Å². The van der Waals surface area contributed by atoms with Gasteiger partial charge in [-0.25, -0.2) is 18.4 Å². The van der Waals surface area contributed by atoms with Crippen LogP contribution in [0.2, 0.25) is 0 Å². The Morgan fingerprint density at radius 2 is 1.78 bits per heavy atom. The van der Waals surface area contributed by atoms with Crippen molar-refractivity contribution in [1.29, 1.82) is 0 Å². The van der Waals surface area contributed by atoms with Crippen molar-refractivity contribution >= 4 is 15.7 Å². The molecule has 0 saturated carbocycles. The van der Waals surface area contributed by atoms with Gasteiger partial charge in [0.1, 0.15) is 21.5 Å². The van der Waals surface area contributed by atoms with Crippen LogP contribution in [0.3, 0.4) is 0 Å². The normalized spacial score (nSPS) is 22.9. The average Bonchev–Trinajstić information content (AvgIpc) is 2.54. The molecule has 0 radical (unpaired) electrons. The van der Waals surface area contributed by atoms with Crippen LogP contribution in [0.4, 0.5) is 5.82 Å². The highest BCUT2D eigenvalue weighted by molar-refractivity contribution is 7.91. The van der Waals surface area contributed by atoms with E-state index in [1.165, 1.54) is 0 Å². The van der Waals surface area contributed by atoms with Crippen LogP contribution >= 0.6 is 0 Å². The van der Waals surface area contributed by atoms with E-state index in [1.54, 1.807) is 0 Å². The number of rotatable bonds is 3. The van der Waals surface area contributed by atoms with Crippen molar-refractivity contribution in [2.75, 3.05) is 36.5 Å². The van der Waals surface area contributed by atoms with E-state index in [1.807, 2.05) is 14.0 Å². The smallest absolute Gasteiger partial charge is 0.150 e. The Bertz CT molecular complexity index is 642. The van der Waals surface area contributed by atoms with Gasteiger partial charge in [0.05, 0.1) is 11.5 Å². The quantitative estimate of drug-likeness (QED) is 0.894. The van der Waals surface area contributed by atoms with Crippen LogP contribution < -0.4 is 10.2 Å². The first-order chi connectivity index (χ1) is 10.9. The van der Waals surface area contributed by atoms with Crippen molar-refractivity contribution < 1.29 is 8.42 Å². The zero-order valence-electron chi connectivity index (χ0n) is 14.0. The van der Waals surface area contributed by atoms with E-state index in [0.717, 1.165) is 43.3 Å². The van der Waals surface area contributed by atoms with Crippen molar-refractivity contribution in [3.63, 3.8) is 0 Å². The second kappa shape index (κ2) is 6.73. The molecule has 2 fully saturated rings. The Labute approximate surface area is 138 Å². The fraction of sp³-hybridized carbons (Fsp3) is 0.750. The molecule has 0 amide bonds. The molecule has 6 nitrogen and oxygen atoms in total. The van der Waals surface area contributed by atoms with Gasteiger partial charge in [0.25, 0.3) is 0 Å². The van der Waals surface area contributed by atoms with Crippen LogP contribution in [0.25, 0.3) is 0 Å². The summed E-state index contributed by atoms with van der Waals surface area (Å²) in [6.45, 7) is 4.02. The van der Waals surface area contributed by atoms with Crippen LogP contribution in [-0.4, -0.2) is 56.1 Å². The molecule has 0 spiro atoms. The third kappa shape index (κ3) is 4.01. The maximum absolute atomic E-state index is 11.6. The molecular weight excluding hydrogens is 312 g/mol. The lowest BCUT2D eigenvalue weighted by molar-refractivity contribution is 0.451. The number of aromatic nitrogens is 2. The molecule has 3 heterocycles. The Balaban J connectivity index is 1.77. The van der Waals surface area contributed by atoms with Gasteiger partial charge < -0.3 is 10.2 Å². The molecule has 3 rings (SSSR count). The van der Waals surface area contributed by atoms with Gasteiger partial charge in [-0.1, -0.05) is 0 Å². The molecule has 0 aromatic carbocycles. The number of aryl methyl sites for hydroxylation is 1. The van der Waals surface area contributed by atoms with E-state index in [4.69, 9.17) is 0 Å². The predicted octanol–water partition coefficient (Wildman–Crippen LogP) is 1.27. The average molecular weight is 338 g/mol. The Hall–Kier alpha value is -1.21. The number of nitrogens with one attached hydrogen (secondary N) is 1. The van der Waals surface area contributed by atoms with Crippen molar-refractivity contribution in [1.82, 2.24) is 15.3 Å². The van der Waals surface area contributed by atoms with Crippen LogP contribution in [-0.2, 0) is 9.84 Å². The zero-order chi connectivity index (χ0) is 16.4. The van der Waals surface area contributed by atoms with Gasteiger partial charge >= 0.3 is 0 Å². The van der Waals surface area contributed by atoms with E-state index in [-0.39, 0.29) is 17.5 Å². The van der Waals surface area contributed by atoms with E-state index in [0.29, 0.717) is 18.8 Å². The van der Waals surface area contributed by atoms with Gasteiger partial charge in [-0.2, -0.15) is 0 Å². The molecule has 1 N–H and O–H groups in total. The maximum Gasteiger partial charge on any atom is 0.150 e. The molecule has 0 aliphatic carbocycles. The molecule has 7 heteroatoms. The van der Waals surface area contributed by atoms with E-state index >= 15 is 0 Å². The summed E-state index contributed by atoms with van der Waals surface area (Å²) < 4.78 is 23.2. The summed E-state index contributed by atoms with van der Waals surface area (Å²) in [5, 5.41) is 3.39. The summed E-state index contributed by atoms with van der Waals surface area (Å²) in [5.74, 6) is 2.79. The Kier molecular flexibility index (Phi) is 4.87. The minimum absolute atomic E-state index is 0.244. The minimum Gasteiger partial charge on any atom is -0.357 e. The van der Waals surface area contributed by atoms with E-state index < -0.39 is 9.84 Å². The standard InChI is InChI=1S/C16H26N4O2S/c1-12-18-15(13-3-7-17-8-4-13)11-16(19-12)20(2)14-5-9-23(21,22)10-6-14/h11,13-14,17H,3-10H2,1-2H3. The molecule has 1 aromatic rings. The number of hydrogen-bond acceptors (Lipinski definition) is 6. The Morgan fingerprint density at radius 3 is 2.43 bits per heavy atom. The number of piperidine rings is 1. The molecule has 23 heavy (non-hydrogen) atoms. The molecule has 0 bridgehead atoms. The topological polar surface area (TPSA) is 75.2 Å². The van der Waals surface area contributed by atoms with E-state index in [2.05, 4.69) is 26.3 Å². The molecule has 2 aliphatic rings. The molecule has 0 atom stereocenters. The lowest BCUT2D eigenvalue weighted by Crippen LogP contribution is -2.39. The Morgan fingerprint density at radius 1 is 1.13 bits per heavy atom. The fourth-order valence-corrected chi connectivity index (χ4v) is 5.00.